The summed E-state index contributed by atoms with van der Waals surface area (Å²) in [5.74, 6) is 0. The molecule has 0 atom stereocenters. The topological polar surface area (TPSA) is 8.17 Å². The SMILES string of the molecule is CC1(C)c2ccccc2-c2c(-c3ccc(N(c4ccccc4)c4cccc5c4c4ccccc4n5-c4ccccc4)cc3)cccc21. The normalized spacial score (nSPS) is 13.1. The van der Waals surface area contributed by atoms with E-state index >= 15 is 0 Å². The summed E-state index contributed by atoms with van der Waals surface area (Å²) in [6, 6.07) is 61.7. The van der Waals surface area contributed by atoms with Crippen LogP contribution in [0.25, 0.3) is 49.7 Å². The molecule has 0 unspecified atom stereocenters. The first kappa shape index (κ1) is 27.5. The van der Waals surface area contributed by atoms with Crippen molar-refractivity contribution in [2.24, 2.45) is 0 Å². The molecule has 0 radical (unpaired) electrons. The number of aromatic nitrogens is 1. The molecule has 0 bridgehead atoms. The van der Waals surface area contributed by atoms with E-state index in [-0.39, 0.29) is 5.41 Å². The largest absolute Gasteiger partial charge is 0.310 e. The van der Waals surface area contributed by atoms with E-state index in [1.54, 1.807) is 0 Å². The van der Waals surface area contributed by atoms with Crippen LogP contribution in [0.3, 0.4) is 0 Å². The lowest BCUT2D eigenvalue weighted by atomic mass is 9.82. The third-order valence-electron chi connectivity index (χ3n) is 9.99. The number of fused-ring (bicyclic) bond motifs is 6. The van der Waals surface area contributed by atoms with E-state index in [0.717, 1.165) is 22.7 Å². The molecule has 0 saturated carbocycles. The van der Waals surface area contributed by atoms with Gasteiger partial charge in [-0.15, -0.1) is 0 Å². The fourth-order valence-corrected chi connectivity index (χ4v) is 7.83. The van der Waals surface area contributed by atoms with E-state index in [1.807, 2.05) is 0 Å². The van der Waals surface area contributed by atoms with E-state index in [0.29, 0.717) is 0 Å². The number of hydrogen-bond donors (Lipinski definition) is 0. The molecule has 7 aromatic carbocycles. The molecular weight excluding hydrogens is 569 g/mol. The Balaban J connectivity index is 1.23. The lowest BCUT2D eigenvalue weighted by molar-refractivity contribution is 0.660. The molecule has 1 heterocycles. The average molecular weight is 603 g/mol. The van der Waals surface area contributed by atoms with E-state index < -0.39 is 0 Å². The smallest absolute Gasteiger partial charge is 0.0562 e. The van der Waals surface area contributed by atoms with Crippen LogP contribution in [0, 0.1) is 0 Å². The Morgan fingerprint density at radius 1 is 0.468 bits per heavy atom. The quantitative estimate of drug-likeness (QED) is 0.190. The summed E-state index contributed by atoms with van der Waals surface area (Å²) in [4.78, 5) is 2.40. The first-order valence-electron chi connectivity index (χ1n) is 16.4. The summed E-state index contributed by atoms with van der Waals surface area (Å²) in [6.07, 6.45) is 0. The van der Waals surface area contributed by atoms with Gasteiger partial charge in [0.15, 0.2) is 0 Å². The van der Waals surface area contributed by atoms with Gasteiger partial charge in [0, 0.05) is 33.2 Å². The number of nitrogens with zero attached hydrogens (tertiary/aromatic N) is 2. The van der Waals surface area contributed by atoms with E-state index in [9.17, 15) is 0 Å². The second kappa shape index (κ2) is 10.6. The number of benzene rings is 7. The van der Waals surface area contributed by atoms with E-state index in [4.69, 9.17) is 0 Å². The van der Waals surface area contributed by atoms with Crippen molar-refractivity contribution >= 4 is 38.9 Å². The Labute approximate surface area is 275 Å². The molecule has 0 aliphatic heterocycles. The first-order valence-corrected chi connectivity index (χ1v) is 16.4. The van der Waals surface area contributed by atoms with E-state index in [1.165, 1.54) is 55.2 Å². The van der Waals surface area contributed by atoms with Crippen molar-refractivity contribution in [3.8, 4) is 27.9 Å². The van der Waals surface area contributed by atoms with Crippen LogP contribution < -0.4 is 4.90 Å². The van der Waals surface area contributed by atoms with Gasteiger partial charge in [0.1, 0.15) is 0 Å². The van der Waals surface area contributed by atoms with Gasteiger partial charge in [-0.3, -0.25) is 0 Å². The Kier molecular flexibility index (Phi) is 6.20. The van der Waals surface area contributed by atoms with Gasteiger partial charge in [-0.25, -0.2) is 0 Å². The van der Waals surface area contributed by atoms with Crippen LogP contribution in [0.2, 0.25) is 0 Å². The zero-order valence-electron chi connectivity index (χ0n) is 26.6. The minimum atomic E-state index is -0.0242. The van der Waals surface area contributed by atoms with Crippen molar-refractivity contribution in [3.05, 3.63) is 181 Å². The summed E-state index contributed by atoms with van der Waals surface area (Å²) < 4.78 is 2.38. The summed E-state index contributed by atoms with van der Waals surface area (Å²) in [5.41, 5.74) is 14.9. The van der Waals surface area contributed by atoms with Gasteiger partial charge < -0.3 is 9.47 Å². The van der Waals surface area contributed by atoms with Gasteiger partial charge in [0.2, 0.25) is 0 Å². The molecule has 47 heavy (non-hydrogen) atoms. The standard InChI is InChI=1S/C45H34N2/c1-45(2)38-22-11-9-19-36(38)43-35(21-13-23-39(43)45)31-27-29-34(30-28-31)46(32-15-5-3-6-16-32)41-25-14-26-42-44(41)37-20-10-12-24-40(37)47(42)33-17-7-4-8-18-33/h3-30H,1-2H3. The Morgan fingerprint density at radius 3 is 1.87 bits per heavy atom. The second-order valence-electron chi connectivity index (χ2n) is 13.0. The van der Waals surface area contributed by atoms with Crippen LogP contribution >= 0.6 is 0 Å². The van der Waals surface area contributed by atoms with E-state index in [2.05, 4.69) is 193 Å². The lowest BCUT2D eigenvalue weighted by Crippen LogP contribution is -2.14. The minimum Gasteiger partial charge on any atom is -0.310 e. The van der Waals surface area contributed by atoms with Crippen LogP contribution in [0.15, 0.2) is 170 Å². The maximum Gasteiger partial charge on any atom is 0.0562 e. The van der Waals surface area contributed by atoms with Crippen molar-refractivity contribution < 1.29 is 0 Å². The molecule has 0 saturated heterocycles. The molecule has 2 heteroatoms. The van der Waals surface area contributed by atoms with Crippen molar-refractivity contribution in [1.29, 1.82) is 0 Å². The summed E-state index contributed by atoms with van der Waals surface area (Å²) >= 11 is 0. The number of hydrogen-bond acceptors (Lipinski definition) is 1. The highest BCUT2D eigenvalue weighted by Gasteiger charge is 2.36. The molecule has 8 aromatic rings. The zero-order valence-corrected chi connectivity index (χ0v) is 26.6. The summed E-state index contributed by atoms with van der Waals surface area (Å²) in [7, 11) is 0. The predicted octanol–water partition coefficient (Wildman–Crippen LogP) is 12.2. The highest BCUT2D eigenvalue weighted by Crippen LogP contribution is 2.52. The summed E-state index contributed by atoms with van der Waals surface area (Å²) in [6.45, 7) is 4.69. The molecule has 0 fully saturated rings. The molecule has 1 aliphatic rings. The van der Waals surface area contributed by atoms with Crippen molar-refractivity contribution in [3.63, 3.8) is 0 Å². The second-order valence-corrected chi connectivity index (χ2v) is 13.0. The fourth-order valence-electron chi connectivity index (χ4n) is 7.83. The molecular formula is C45H34N2. The van der Waals surface area contributed by atoms with Gasteiger partial charge in [-0.05, 0) is 88.0 Å². The minimum absolute atomic E-state index is 0.0242. The highest BCUT2D eigenvalue weighted by atomic mass is 15.1. The van der Waals surface area contributed by atoms with Crippen LogP contribution in [-0.2, 0) is 5.41 Å². The Bertz CT molecular complexity index is 2420. The Morgan fingerprint density at radius 2 is 1.06 bits per heavy atom. The first-order chi connectivity index (χ1) is 23.1. The number of rotatable bonds is 5. The molecule has 2 nitrogen and oxygen atoms in total. The predicted molar refractivity (Wildman–Crippen MR) is 198 cm³/mol. The van der Waals surface area contributed by atoms with Crippen molar-refractivity contribution in [2.45, 2.75) is 19.3 Å². The van der Waals surface area contributed by atoms with Gasteiger partial charge in [-0.1, -0.05) is 129 Å². The molecule has 0 amide bonds. The maximum absolute atomic E-state index is 2.40. The monoisotopic (exact) mass is 602 g/mol. The van der Waals surface area contributed by atoms with Crippen LogP contribution in [0.5, 0.6) is 0 Å². The zero-order chi connectivity index (χ0) is 31.5. The molecule has 0 N–H and O–H groups in total. The van der Waals surface area contributed by atoms with Crippen LogP contribution in [0.4, 0.5) is 17.1 Å². The lowest BCUT2D eigenvalue weighted by Gasteiger charge is -2.27. The Hall–Kier alpha value is -5.86. The van der Waals surface area contributed by atoms with Gasteiger partial charge in [0.05, 0.1) is 16.7 Å². The van der Waals surface area contributed by atoms with Gasteiger partial charge in [-0.2, -0.15) is 0 Å². The molecule has 1 aliphatic carbocycles. The van der Waals surface area contributed by atoms with Crippen molar-refractivity contribution in [1.82, 2.24) is 4.57 Å². The van der Waals surface area contributed by atoms with Gasteiger partial charge >= 0.3 is 0 Å². The molecule has 1 aromatic heterocycles. The molecule has 0 spiro atoms. The van der Waals surface area contributed by atoms with Gasteiger partial charge in [0.25, 0.3) is 0 Å². The van der Waals surface area contributed by atoms with Crippen molar-refractivity contribution in [2.75, 3.05) is 4.90 Å². The average Bonchev–Trinajstić information content (AvgIpc) is 3.59. The third kappa shape index (κ3) is 4.18. The maximum atomic E-state index is 2.40. The van der Waals surface area contributed by atoms with Crippen LogP contribution in [0.1, 0.15) is 25.0 Å². The fraction of sp³-hybridized carbons (Fsp3) is 0.0667. The number of para-hydroxylation sites is 3. The van der Waals surface area contributed by atoms with Crippen LogP contribution in [-0.4, -0.2) is 4.57 Å². The summed E-state index contributed by atoms with van der Waals surface area (Å²) in [5, 5.41) is 2.47. The molecule has 9 rings (SSSR count). The number of anilines is 3. The molecule has 224 valence electrons. The third-order valence-corrected chi connectivity index (χ3v) is 9.99. The highest BCUT2D eigenvalue weighted by molar-refractivity contribution is 6.16.